The van der Waals surface area contributed by atoms with Crippen molar-refractivity contribution in [3.63, 3.8) is 0 Å². The van der Waals surface area contributed by atoms with Gasteiger partial charge in [0, 0.05) is 18.2 Å². The molecule has 2 aromatic carbocycles. The van der Waals surface area contributed by atoms with Gasteiger partial charge < -0.3 is 15.5 Å². The summed E-state index contributed by atoms with van der Waals surface area (Å²) in [5.74, 6) is -0.414. The zero-order valence-corrected chi connectivity index (χ0v) is 13.9. The quantitative estimate of drug-likeness (QED) is 0.860. The van der Waals surface area contributed by atoms with Crippen molar-refractivity contribution in [3.8, 4) is 0 Å². The van der Waals surface area contributed by atoms with Gasteiger partial charge in [-0.15, -0.1) is 0 Å². The third-order valence-corrected chi connectivity index (χ3v) is 4.99. The zero-order valence-electron chi connectivity index (χ0n) is 13.9. The maximum atomic E-state index is 12.7. The van der Waals surface area contributed by atoms with Crippen molar-refractivity contribution in [2.45, 2.75) is 31.5 Å². The minimum absolute atomic E-state index is 0.0912. The van der Waals surface area contributed by atoms with Gasteiger partial charge >= 0.3 is 0 Å². The predicted molar refractivity (Wildman–Crippen MR) is 92.9 cm³/mol. The van der Waals surface area contributed by atoms with Crippen LogP contribution in [0.4, 0.5) is 0 Å². The highest BCUT2D eigenvalue weighted by atomic mass is 16.2. The molecule has 2 N–H and O–H groups in total. The second-order valence-corrected chi connectivity index (χ2v) is 6.67. The Hall–Kier alpha value is -2.89. The number of carbonyl (C=O) groups excluding carboxylic acids is 3. The van der Waals surface area contributed by atoms with Crippen LogP contribution in [0.25, 0.3) is 10.8 Å². The van der Waals surface area contributed by atoms with E-state index in [-0.39, 0.29) is 23.8 Å². The van der Waals surface area contributed by atoms with E-state index in [1.165, 1.54) is 0 Å². The van der Waals surface area contributed by atoms with Crippen LogP contribution in [0, 0.1) is 0 Å². The number of amides is 3. The molecule has 3 atom stereocenters. The molecule has 4 rings (SSSR count). The summed E-state index contributed by atoms with van der Waals surface area (Å²) >= 11 is 0. The molecule has 2 heterocycles. The first-order valence-electron chi connectivity index (χ1n) is 8.44. The first-order chi connectivity index (χ1) is 12.0. The van der Waals surface area contributed by atoms with Crippen molar-refractivity contribution in [1.29, 1.82) is 0 Å². The number of benzene rings is 2. The molecule has 25 heavy (non-hydrogen) atoms. The molecular formula is C19H19N3O3. The molecule has 0 aromatic heterocycles. The van der Waals surface area contributed by atoms with E-state index in [4.69, 9.17) is 0 Å². The minimum Gasteiger partial charge on any atom is -0.347 e. The van der Waals surface area contributed by atoms with Gasteiger partial charge in [-0.2, -0.15) is 0 Å². The second-order valence-electron chi connectivity index (χ2n) is 6.67. The average Bonchev–Trinajstić information content (AvgIpc) is 3.04. The smallest absolute Gasteiger partial charge is 0.252 e. The van der Waals surface area contributed by atoms with Crippen LogP contribution in [0.5, 0.6) is 0 Å². The number of nitrogens with zero attached hydrogens (tertiary/aromatic N) is 1. The van der Waals surface area contributed by atoms with E-state index in [0.29, 0.717) is 18.5 Å². The van der Waals surface area contributed by atoms with E-state index in [1.54, 1.807) is 17.9 Å². The molecule has 2 aliphatic heterocycles. The number of fused-ring (bicyclic) bond motifs is 2. The monoisotopic (exact) mass is 337 g/mol. The van der Waals surface area contributed by atoms with E-state index in [9.17, 15) is 14.4 Å². The van der Waals surface area contributed by atoms with Crippen molar-refractivity contribution in [1.82, 2.24) is 15.5 Å². The lowest BCUT2D eigenvalue weighted by Gasteiger charge is -2.32. The van der Waals surface area contributed by atoms with Crippen LogP contribution in [-0.4, -0.2) is 47.3 Å². The molecule has 0 radical (unpaired) electrons. The molecule has 6 heteroatoms. The van der Waals surface area contributed by atoms with Crippen molar-refractivity contribution < 1.29 is 14.4 Å². The van der Waals surface area contributed by atoms with Crippen LogP contribution in [-0.2, 0) is 9.59 Å². The fourth-order valence-corrected chi connectivity index (χ4v) is 3.74. The maximum Gasteiger partial charge on any atom is 0.252 e. The average molecular weight is 337 g/mol. The Balaban J connectivity index is 1.54. The molecule has 0 unspecified atom stereocenters. The Labute approximate surface area is 145 Å². The lowest BCUT2D eigenvalue weighted by atomic mass is 10.0. The van der Waals surface area contributed by atoms with Crippen LogP contribution in [0.2, 0.25) is 0 Å². The Morgan fingerprint density at radius 2 is 1.92 bits per heavy atom. The molecule has 2 saturated heterocycles. The largest absolute Gasteiger partial charge is 0.347 e. The van der Waals surface area contributed by atoms with Crippen molar-refractivity contribution >= 4 is 28.5 Å². The molecule has 6 nitrogen and oxygen atoms in total. The summed E-state index contributed by atoms with van der Waals surface area (Å²) in [6.07, 6.45) is 0.445. The molecule has 3 amide bonds. The Kier molecular flexibility index (Phi) is 3.67. The van der Waals surface area contributed by atoms with E-state index in [2.05, 4.69) is 10.6 Å². The maximum absolute atomic E-state index is 12.7. The molecule has 2 fully saturated rings. The van der Waals surface area contributed by atoms with Gasteiger partial charge in [-0.25, -0.2) is 0 Å². The molecule has 2 aromatic rings. The Morgan fingerprint density at radius 1 is 1.16 bits per heavy atom. The summed E-state index contributed by atoms with van der Waals surface area (Å²) in [5.41, 5.74) is 0.604. The van der Waals surface area contributed by atoms with Crippen molar-refractivity contribution in [2.75, 3.05) is 6.54 Å². The van der Waals surface area contributed by atoms with Crippen LogP contribution in [0.3, 0.4) is 0 Å². The Morgan fingerprint density at radius 3 is 2.76 bits per heavy atom. The minimum atomic E-state index is -0.503. The summed E-state index contributed by atoms with van der Waals surface area (Å²) in [6.45, 7) is 2.05. The number of piperazine rings is 1. The number of rotatable bonds is 2. The molecule has 2 aliphatic rings. The number of carbonyl (C=O) groups is 3. The Bertz CT molecular complexity index is 874. The van der Waals surface area contributed by atoms with Gasteiger partial charge in [-0.3, -0.25) is 14.4 Å². The van der Waals surface area contributed by atoms with Crippen LogP contribution >= 0.6 is 0 Å². The molecule has 0 aliphatic carbocycles. The lowest BCUT2D eigenvalue weighted by Crippen LogP contribution is -2.60. The fourth-order valence-electron chi connectivity index (χ4n) is 3.74. The third-order valence-electron chi connectivity index (χ3n) is 4.99. The van der Waals surface area contributed by atoms with E-state index in [1.807, 2.05) is 36.4 Å². The standard InChI is InChI=1S/C19H19N3O3/c1-11-19(25)22-10-13(9-16(22)18(24)20-11)21-17(23)15-8-4-6-12-5-2-3-7-14(12)15/h2-8,11,13,16H,9-10H2,1H3,(H,20,24)(H,21,23)/t11-,13-,16-/m0/s1. The summed E-state index contributed by atoms with van der Waals surface area (Å²) in [5, 5.41) is 7.57. The normalized spacial score (nSPS) is 25.6. The van der Waals surface area contributed by atoms with Crippen molar-refractivity contribution in [3.05, 3.63) is 48.0 Å². The fraction of sp³-hybridized carbons (Fsp3) is 0.316. The second kappa shape index (κ2) is 5.88. The van der Waals surface area contributed by atoms with E-state index >= 15 is 0 Å². The number of hydrogen-bond acceptors (Lipinski definition) is 3. The van der Waals surface area contributed by atoms with Gasteiger partial charge in [-0.1, -0.05) is 36.4 Å². The molecule has 0 bridgehead atoms. The highest BCUT2D eigenvalue weighted by Crippen LogP contribution is 2.24. The topological polar surface area (TPSA) is 78.5 Å². The van der Waals surface area contributed by atoms with Gasteiger partial charge in [0.25, 0.3) is 5.91 Å². The first kappa shape index (κ1) is 15.6. The van der Waals surface area contributed by atoms with Gasteiger partial charge in [0.15, 0.2) is 0 Å². The molecular weight excluding hydrogens is 318 g/mol. The van der Waals surface area contributed by atoms with Gasteiger partial charge in [0.1, 0.15) is 12.1 Å². The van der Waals surface area contributed by atoms with Gasteiger partial charge in [-0.05, 0) is 30.2 Å². The summed E-state index contributed by atoms with van der Waals surface area (Å²) in [7, 11) is 0. The first-order valence-corrected chi connectivity index (χ1v) is 8.44. The molecule has 0 spiro atoms. The molecule has 0 saturated carbocycles. The highest BCUT2D eigenvalue weighted by Gasteiger charge is 2.45. The zero-order chi connectivity index (χ0) is 17.6. The summed E-state index contributed by atoms with van der Waals surface area (Å²) in [4.78, 5) is 38.6. The van der Waals surface area contributed by atoms with Crippen molar-refractivity contribution in [2.24, 2.45) is 0 Å². The van der Waals surface area contributed by atoms with Gasteiger partial charge in [0.2, 0.25) is 11.8 Å². The van der Waals surface area contributed by atoms with Gasteiger partial charge in [0.05, 0.1) is 0 Å². The third kappa shape index (κ3) is 2.63. The summed E-state index contributed by atoms with van der Waals surface area (Å²) < 4.78 is 0. The van der Waals surface area contributed by atoms with E-state index in [0.717, 1.165) is 10.8 Å². The predicted octanol–water partition coefficient (Wildman–Crippen LogP) is 1.06. The lowest BCUT2D eigenvalue weighted by molar-refractivity contribution is -0.146. The summed E-state index contributed by atoms with van der Waals surface area (Å²) in [6, 6.07) is 12.1. The molecule has 128 valence electrons. The van der Waals surface area contributed by atoms with E-state index < -0.39 is 12.1 Å². The van der Waals surface area contributed by atoms with Crippen LogP contribution in [0.1, 0.15) is 23.7 Å². The SMILES string of the molecule is C[C@@H]1NC(=O)[C@@H]2C[C@H](NC(=O)c3cccc4ccccc34)CN2C1=O. The number of nitrogens with one attached hydrogen (secondary N) is 2. The number of hydrogen-bond donors (Lipinski definition) is 2. The highest BCUT2D eigenvalue weighted by molar-refractivity contribution is 6.07. The van der Waals surface area contributed by atoms with Crippen LogP contribution < -0.4 is 10.6 Å². The van der Waals surface area contributed by atoms with Crippen LogP contribution in [0.15, 0.2) is 42.5 Å².